The maximum atomic E-state index is 5.52. The summed E-state index contributed by atoms with van der Waals surface area (Å²) in [5, 5.41) is 0. The summed E-state index contributed by atoms with van der Waals surface area (Å²) >= 11 is 2.42. The minimum atomic E-state index is 0.354. The van der Waals surface area contributed by atoms with Crippen LogP contribution in [0.3, 0.4) is 0 Å². The minimum Gasteiger partial charge on any atom is -0.381 e. The van der Waals surface area contributed by atoms with E-state index in [1.54, 1.807) is 0 Å². The molecule has 1 nitrogen and oxygen atoms in total. The molecule has 0 spiro atoms. The molecular formula is C11H21IO. The summed E-state index contributed by atoms with van der Waals surface area (Å²) in [5.74, 6) is 1.14. The second-order valence-electron chi connectivity index (χ2n) is 3.94. The second-order valence-corrected chi connectivity index (χ2v) is 4.82. The Morgan fingerprint density at radius 2 is 1.92 bits per heavy atom. The van der Waals surface area contributed by atoms with Crippen molar-refractivity contribution < 1.29 is 4.74 Å². The average Bonchev–Trinajstić information content (AvgIpc) is 2.03. The van der Waals surface area contributed by atoms with Crippen molar-refractivity contribution in [1.82, 2.24) is 0 Å². The molecule has 0 aliphatic heterocycles. The van der Waals surface area contributed by atoms with E-state index in [-0.39, 0.29) is 0 Å². The lowest BCUT2D eigenvalue weighted by atomic mass is 9.93. The summed E-state index contributed by atoms with van der Waals surface area (Å²) in [6.45, 7) is 8.75. The van der Waals surface area contributed by atoms with E-state index in [4.69, 9.17) is 4.74 Å². The van der Waals surface area contributed by atoms with Crippen LogP contribution in [0.25, 0.3) is 0 Å². The van der Waals surface area contributed by atoms with Gasteiger partial charge < -0.3 is 4.74 Å². The van der Waals surface area contributed by atoms with Crippen LogP contribution in [0, 0.1) is 11.8 Å². The van der Waals surface area contributed by atoms with Gasteiger partial charge in [-0.05, 0) is 19.8 Å². The van der Waals surface area contributed by atoms with Gasteiger partial charge >= 0.3 is 0 Å². The van der Waals surface area contributed by atoms with Gasteiger partial charge in [0.25, 0.3) is 0 Å². The van der Waals surface area contributed by atoms with Crippen LogP contribution in [0.2, 0.25) is 0 Å². The van der Waals surface area contributed by atoms with Crippen molar-refractivity contribution in [3.63, 3.8) is 0 Å². The zero-order chi connectivity index (χ0) is 10.4. The van der Waals surface area contributed by atoms with E-state index >= 15 is 0 Å². The lowest BCUT2D eigenvalue weighted by Crippen LogP contribution is -2.28. The standard InChI is InChI=1S/C11H21IO/c1-8(2)6-9(3)11(13-5)10(4)7-12/h6,9-11H,7H2,1-5H3/t9-,10-,11+/m0/s1. The van der Waals surface area contributed by atoms with Crippen LogP contribution in [-0.2, 0) is 4.74 Å². The largest absolute Gasteiger partial charge is 0.381 e. The Hall–Kier alpha value is 0.430. The Morgan fingerprint density at radius 1 is 1.38 bits per heavy atom. The maximum absolute atomic E-state index is 5.52. The van der Waals surface area contributed by atoms with Crippen LogP contribution in [-0.4, -0.2) is 17.6 Å². The molecule has 0 saturated heterocycles. The Balaban J connectivity index is 4.31. The number of ether oxygens (including phenoxy) is 1. The molecule has 0 aliphatic rings. The molecule has 13 heavy (non-hydrogen) atoms. The number of hydrogen-bond donors (Lipinski definition) is 0. The highest BCUT2D eigenvalue weighted by molar-refractivity contribution is 14.1. The third-order valence-corrected chi connectivity index (χ3v) is 3.58. The molecular weight excluding hydrogens is 275 g/mol. The molecule has 0 rings (SSSR count). The van der Waals surface area contributed by atoms with Gasteiger partial charge in [-0.1, -0.05) is 48.1 Å². The molecule has 0 fully saturated rings. The van der Waals surface area contributed by atoms with Gasteiger partial charge in [-0.2, -0.15) is 0 Å². The predicted octanol–water partition coefficient (Wildman–Crippen LogP) is 3.67. The molecule has 0 heterocycles. The topological polar surface area (TPSA) is 9.23 Å². The zero-order valence-electron chi connectivity index (χ0n) is 9.30. The van der Waals surface area contributed by atoms with Gasteiger partial charge in [0.15, 0.2) is 0 Å². The number of rotatable bonds is 5. The maximum Gasteiger partial charge on any atom is 0.0664 e. The number of hydrogen-bond acceptors (Lipinski definition) is 1. The van der Waals surface area contributed by atoms with Gasteiger partial charge in [-0.3, -0.25) is 0 Å². The number of methoxy groups -OCH3 is 1. The Kier molecular flexibility index (Phi) is 7.05. The van der Waals surface area contributed by atoms with Gasteiger partial charge in [0.05, 0.1) is 6.10 Å². The van der Waals surface area contributed by atoms with Crippen LogP contribution in [0.4, 0.5) is 0 Å². The third-order valence-electron chi connectivity index (χ3n) is 2.19. The van der Waals surface area contributed by atoms with Crippen molar-refractivity contribution >= 4 is 22.6 Å². The molecule has 3 atom stereocenters. The fraction of sp³-hybridized carbons (Fsp3) is 0.818. The third kappa shape index (κ3) is 5.01. The van der Waals surface area contributed by atoms with Crippen molar-refractivity contribution in [2.75, 3.05) is 11.5 Å². The van der Waals surface area contributed by atoms with Crippen molar-refractivity contribution in [3.8, 4) is 0 Å². The highest BCUT2D eigenvalue weighted by Gasteiger charge is 2.20. The number of halogens is 1. The van der Waals surface area contributed by atoms with Crippen LogP contribution >= 0.6 is 22.6 Å². The van der Waals surface area contributed by atoms with Crippen LogP contribution in [0.1, 0.15) is 27.7 Å². The molecule has 0 aliphatic carbocycles. The Labute approximate surface area is 96.1 Å². The van der Waals surface area contributed by atoms with Gasteiger partial charge in [-0.15, -0.1) is 0 Å². The first-order chi connectivity index (χ1) is 6.02. The summed E-state index contributed by atoms with van der Waals surface area (Å²) in [5.41, 5.74) is 1.37. The molecule has 0 aromatic heterocycles. The highest BCUT2D eigenvalue weighted by atomic mass is 127. The van der Waals surface area contributed by atoms with E-state index in [1.807, 2.05) is 7.11 Å². The minimum absolute atomic E-state index is 0.354. The first-order valence-electron chi connectivity index (χ1n) is 4.76. The number of allylic oxidation sites excluding steroid dienone is 1. The molecule has 78 valence electrons. The van der Waals surface area contributed by atoms with Crippen LogP contribution in [0.15, 0.2) is 11.6 Å². The van der Waals surface area contributed by atoms with Crippen LogP contribution < -0.4 is 0 Å². The Morgan fingerprint density at radius 3 is 2.23 bits per heavy atom. The van der Waals surface area contributed by atoms with Gasteiger partial charge in [0, 0.05) is 17.5 Å². The molecule has 0 amide bonds. The van der Waals surface area contributed by atoms with E-state index in [9.17, 15) is 0 Å². The molecule has 0 bridgehead atoms. The summed E-state index contributed by atoms with van der Waals surface area (Å²) < 4.78 is 6.67. The average molecular weight is 296 g/mol. The summed E-state index contributed by atoms with van der Waals surface area (Å²) in [7, 11) is 1.81. The van der Waals surface area contributed by atoms with E-state index in [0.29, 0.717) is 17.9 Å². The lowest BCUT2D eigenvalue weighted by Gasteiger charge is -2.25. The molecule has 0 aromatic rings. The highest BCUT2D eigenvalue weighted by Crippen LogP contribution is 2.20. The Bertz CT molecular complexity index is 161. The smallest absolute Gasteiger partial charge is 0.0664 e. The second kappa shape index (κ2) is 6.82. The van der Waals surface area contributed by atoms with E-state index in [2.05, 4.69) is 56.4 Å². The monoisotopic (exact) mass is 296 g/mol. The summed E-state index contributed by atoms with van der Waals surface area (Å²) in [6.07, 6.45) is 2.64. The molecule has 0 saturated carbocycles. The molecule has 2 heteroatoms. The quantitative estimate of drug-likeness (QED) is 0.427. The van der Waals surface area contributed by atoms with Crippen molar-refractivity contribution in [3.05, 3.63) is 11.6 Å². The fourth-order valence-corrected chi connectivity index (χ4v) is 2.17. The molecule has 0 radical (unpaired) electrons. The van der Waals surface area contributed by atoms with Gasteiger partial charge in [0.1, 0.15) is 0 Å². The molecule has 0 aromatic carbocycles. The molecule has 0 unspecified atom stereocenters. The van der Waals surface area contributed by atoms with Crippen molar-refractivity contribution in [1.29, 1.82) is 0 Å². The predicted molar refractivity (Wildman–Crippen MR) is 67.4 cm³/mol. The normalized spacial score (nSPS) is 17.7. The van der Waals surface area contributed by atoms with E-state index in [0.717, 1.165) is 4.43 Å². The summed E-state index contributed by atoms with van der Waals surface area (Å²) in [6, 6.07) is 0. The van der Waals surface area contributed by atoms with Crippen molar-refractivity contribution in [2.24, 2.45) is 11.8 Å². The van der Waals surface area contributed by atoms with Gasteiger partial charge in [-0.25, -0.2) is 0 Å². The van der Waals surface area contributed by atoms with E-state index in [1.165, 1.54) is 5.57 Å². The molecule has 0 N–H and O–H groups in total. The van der Waals surface area contributed by atoms with Gasteiger partial charge in [0.2, 0.25) is 0 Å². The first-order valence-corrected chi connectivity index (χ1v) is 6.29. The lowest BCUT2D eigenvalue weighted by molar-refractivity contribution is 0.0401. The SMILES string of the molecule is CO[C@H]([C@@H](C)C=C(C)C)[C@@H](C)CI. The zero-order valence-corrected chi connectivity index (χ0v) is 11.5. The first kappa shape index (κ1) is 13.4. The summed E-state index contributed by atoms with van der Waals surface area (Å²) in [4.78, 5) is 0. The van der Waals surface area contributed by atoms with Crippen LogP contribution in [0.5, 0.6) is 0 Å². The number of alkyl halides is 1. The fourth-order valence-electron chi connectivity index (χ4n) is 1.67. The van der Waals surface area contributed by atoms with Crippen molar-refractivity contribution in [2.45, 2.75) is 33.8 Å². The van der Waals surface area contributed by atoms with E-state index < -0.39 is 0 Å².